The number of carbonyl (C=O) groups excluding carboxylic acids is 2. The molecule has 1 heterocycles. The maximum Gasteiger partial charge on any atom is 0.230 e. The van der Waals surface area contributed by atoms with Crippen molar-refractivity contribution >= 4 is 35.0 Å². The number of piperidine rings is 1. The van der Waals surface area contributed by atoms with Gasteiger partial charge in [-0.1, -0.05) is 29.3 Å². The number of hydrogen-bond acceptors (Lipinski definition) is 2. The highest BCUT2D eigenvalue weighted by Crippen LogP contribution is 2.33. The van der Waals surface area contributed by atoms with Gasteiger partial charge in [0.25, 0.3) is 0 Å². The normalized spacial score (nSPS) is 19.6. The van der Waals surface area contributed by atoms with E-state index in [0.29, 0.717) is 28.7 Å². The number of benzene rings is 1. The molecule has 0 spiro atoms. The van der Waals surface area contributed by atoms with Gasteiger partial charge in [-0.25, -0.2) is 0 Å². The molecule has 0 radical (unpaired) electrons. The number of nitrogens with one attached hydrogen (secondary N) is 1. The lowest BCUT2D eigenvalue weighted by molar-refractivity contribution is -0.134. The lowest BCUT2D eigenvalue weighted by Crippen LogP contribution is -2.50. The first-order chi connectivity index (χ1) is 10.4. The summed E-state index contributed by atoms with van der Waals surface area (Å²) in [5.41, 5.74) is 0.664. The van der Waals surface area contributed by atoms with E-state index < -0.39 is 5.92 Å². The predicted molar refractivity (Wildman–Crippen MR) is 88.3 cm³/mol. The Hall–Kier alpha value is -1.26. The summed E-state index contributed by atoms with van der Waals surface area (Å²) in [6.07, 6.45) is 1.77. The molecule has 2 amide bonds. The first kappa shape index (κ1) is 17.1. The molecular formula is C16H20Cl2N2O2. The monoisotopic (exact) mass is 342 g/mol. The summed E-state index contributed by atoms with van der Waals surface area (Å²) in [5.74, 6) is -0.483. The Morgan fingerprint density at radius 2 is 1.95 bits per heavy atom. The molecule has 4 nitrogen and oxygen atoms in total. The first-order valence-electron chi connectivity index (χ1n) is 7.40. The Morgan fingerprint density at radius 1 is 1.32 bits per heavy atom. The highest BCUT2D eigenvalue weighted by molar-refractivity contribution is 6.36. The average Bonchev–Trinajstić information content (AvgIpc) is 2.45. The lowest BCUT2D eigenvalue weighted by atomic mass is 9.97. The fourth-order valence-corrected chi connectivity index (χ4v) is 3.63. The van der Waals surface area contributed by atoms with Gasteiger partial charge in [0, 0.05) is 41.7 Å². The van der Waals surface area contributed by atoms with Gasteiger partial charge in [0.1, 0.15) is 0 Å². The van der Waals surface area contributed by atoms with Crippen molar-refractivity contribution in [2.45, 2.75) is 38.6 Å². The molecule has 2 atom stereocenters. The zero-order valence-electron chi connectivity index (χ0n) is 12.7. The van der Waals surface area contributed by atoms with E-state index in [1.807, 2.05) is 6.92 Å². The minimum absolute atomic E-state index is 0.00921. The smallest absolute Gasteiger partial charge is 0.230 e. The molecule has 1 aromatic rings. The van der Waals surface area contributed by atoms with Crippen LogP contribution in [0.25, 0.3) is 0 Å². The topological polar surface area (TPSA) is 49.4 Å². The van der Waals surface area contributed by atoms with Gasteiger partial charge in [0.15, 0.2) is 0 Å². The minimum atomic E-state index is -0.405. The molecule has 0 aliphatic carbocycles. The van der Waals surface area contributed by atoms with E-state index in [1.165, 1.54) is 6.92 Å². The Bertz CT molecular complexity index is 557. The van der Waals surface area contributed by atoms with E-state index in [2.05, 4.69) is 5.32 Å². The van der Waals surface area contributed by atoms with Crippen LogP contribution in [0.3, 0.4) is 0 Å². The molecule has 0 bridgehead atoms. The molecular weight excluding hydrogens is 323 g/mol. The molecule has 6 heteroatoms. The Labute approximate surface area is 140 Å². The maximum absolute atomic E-state index is 12.7. The van der Waals surface area contributed by atoms with Gasteiger partial charge in [0.05, 0.1) is 5.92 Å². The summed E-state index contributed by atoms with van der Waals surface area (Å²) in [4.78, 5) is 25.7. The number of halogens is 2. The van der Waals surface area contributed by atoms with Gasteiger partial charge in [-0.2, -0.15) is 0 Å². The average molecular weight is 343 g/mol. The summed E-state index contributed by atoms with van der Waals surface area (Å²) in [6, 6.07) is 5.26. The van der Waals surface area contributed by atoms with Crippen LogP contribution in [0.15, 0.2) is 18.2 Å². The minimum Gasteiger partial charge on any atom is -0.352 e. The molecule has 1 aromatic carbocycles. The van der Waals surface area contributed by atoms with Crippen molar-refractivity contribution in [3.63, 3.8) is 0 Å². The van der Waals surface area contributed by atoms with Crippen LogP contribution in [0.4, 0.5) is 0 Å². The van der Waals surface area contributed by atoms with E-state index in [-0.39, 0.29) is 17.9 Å². The fourth-order valence-electron chi connectivity index (χ4n) is 2.90. The number of nitrogens with zero attached hydrogens (tertiary/aromatic N) is 1. The van der Waals surface area contributed by atoms with E-state index in [1.54, 1.807) is 23.1 Å². The van der Waals surface area contributed by atoms with Gasteiger partial charge < -0.3 is 10.2 Å². The van der Waals surface area contributed by atoms with Crippen LogP contribution >= 0.6 is 23.2 Å². The standard InChI is InChI=1S/C16H20Cl2N2O2/c1-10(15-13(17)6-3-7-14(15)18)16(22)20-8-4-5-12(9-20)19-11(2)21/h3,6-7,10,12H,4-5,8-9H2,1-2H3,(H,19,21)/t10-,12+/m0/s1. The van der Waals surface area contributed by atoms with Crippen molar-refractivity contribution in [2.75, 3.05) is 13.1 Å². The van der Waals surface area contributed by atoms with E-state index in [9.17, 15) is 9.59 Å². The van der Waals surface area contributed by atoms with Crippen LogP contribution in [0.1, 0.15) is 38.2 Å². The molecule has 1 fully saturated rings. The fraction of sp³-hybridized carbons (Fsp3) is 0.500. The largest absolute Gasteiger partial charge is 0.352 e. The third-order valence-corrected chi connectivity index (χ3v) is 4.60. The second kappa shape index (κ2) is 7.34. The van der Waals surface area contributed by atoms with Crippen LogP contribution in [0, 0.1) is 0 Å². The second-order valence-corrected chi connectivity index (χ2v) is 6.50. The van der Waals surface area contributed by atoms with Gasteiger partial charge in [-0.15, -0.1) is 0 Å². The van der Waals surface area contributed by atoms with Crippen LogP contribution in [0.2, 0.25) is 10.0 Å². The molecule has 1 saturated heterocycles. The molecule has 0 aromatic heterocycles. The van der Waals surface area contributed by atoms with E-state index in [4.69, 9.17) is 23.2 Å². The Balaban J connectivity index is 2.11. The van der Waals surface area contributed by atoms with E-state index >= 15 is 0 Å². The number of amides is 2. The molecule has 120 valence electrons. The van der Waals surface area contributed by atoms with Crippen molar-refractivity contribution in [2.24, 2.45) is 0 Å². The second-order valence-electron chi connectivity index (χ2n) is 5.68. The molecule has 1 aliphatic heterocycles. The van der Waals surface area contributed by atoms with Crippen LogP contribution < -0.4 is 5.32 Å². The third kappa shape index (κ3) is 3.93. The summed E-state index contributed by atoms with van der Waals surface area (Å²) >= 11 is 12.4. The number of hydrogen-bond donors (Lipinski definition) is 1. The van der Waals surface area contributed by atoms with Crippen LogP contribution in [-0.2, 0) is 9.59 Å². The Morgan fingerprint density at radius 3 is 2.55 bits per heavy atom. The predicted octanol–water partition coefficient (Wildman–Crippen LogP) is 3.22. The zero-order valence-corrected chi connectivity index (χ0v) is 14.2. The molecule has 0 unspecified atom stereocenters. The maximum atomic E-state index is 12.7. The zero-order chi connectivity index (χ0) is 16.3. The van der Waals surface area contributed by atoms with Crippen LogP contribution in [0.5, 0.6) is 0 Å². The van der Waals surface area contributed by atoms with Crippen molar-refractivity contribution in [1.82, 2.24) is 10.2 Å². The molecule has 22 heavy (non-hydrogen) atoms. The summed E-state index contributed by atoms with van der Waals surface area (Å²) in [5, 5.41) is 3.89. The molecule has 0 saturated carbocycles. The SMILES string of the molecule is CC(=O)N[C@@H]1CCCN(C(=O)[C@@H](C)c2c(Cl)cccc2Cl)C1. The number of likely N-dealkylation sites (tertiary alicyclic amines) is 1. The van der Waals surface area contributed by atoms with E-state index in [0.717, 1.165) is 12.8 Å². The number of rotatable bonds is 3. The molecule has 2 rings (SSSR count). The first-order valence-corrected chi connectivity index (χ1v) is 8.15. The summed E-state index contributed by atoms with van der Waals surface area (Å²) < 4.78 is 0. The van der Waals surface area contributed by atoms with Gasteiger partial charge in [-0.05, 0) is 31.9 Å². The highest BCUT2D eigenvalue weighted by atomic mass is 35.5. The molecule has 1 aliphatic rings. The van der Waals surface area contributed by atoms with Gasteiger partial charge in [0.2, 0.25) is 11.8 Å². The summed E-state index contributed by atoms with van der Waals surface area (Å²) in [6.45, 7) is 4.54. The Kier molecular flexibility index (Phi) is 5.70. The van der Waals surface area contributed by atoms with Gasteiger partial charge in [-0.3, -0.25) is 9.59 Å². The highest BCUT2D eigenvalue weighted by Gasteiger charge is 2.29. The van der Waals surface area contributed by atoms with Crippen LogP contribution in [-0.4, -0.2) is 35.8 Å². The number of carbonyl (C=O) groups is 2. The van der Waals surface area contributed by atoms with Crippen molar-refractivity contribution in [3.8, 4) is 0 Å². The summed E-state index contributed by atoms with van der Waals surface area (Å²) in [7, 11) is 0. The van der Waals surface area contributed by atoms with Crippen molar-refractivity contribution < 1.29 is 9.59 Å². The quantitative estimate of drug-likeness (QED) is 0.916. The van der Waals surface area contributed by atoms with Crippen molar-refractivity contribution in [3.05, 3.63) is 33.8 Å². The lowest BCUT2D eigenvalue weighted by Gasteiger charge is -2.34. The van der Waals surface area contributed by atoms with Crippen molar-refractivity contribution in [1.29, 1.82) is 0 Å². The third-order valence-electron chi connectivity index (χ3n) is 3.94. The van der Waals surface area contributed by atoms with Gasteiger partial charge >= 0.3 is 0 Å². The molecule has 1 N–H and O–H groups in total.